The number of nitrogens with zero attached hydrogens (tertiary/aromatic N) is 1. The van der Waals surface area contributed by atoms with Crippen LogP contribution >= 0.6 is 0 Å². The van der Waals surface area contributed by atoms with E-state index in [0.29, 0.717) is 5.56 Å². The Balaban J connectivity index is 2.34. The monoisotopic (exact) mass is 220 g/mol. The lowest BCUT2D eigenvalue weighted by atomic mass is 10.1. The Morgan fingerprint density at radius 2 is 2.06 bits per heavy atom. The zero-order chi connectivity index (χ0) is 11.5. The van der Waals surface area contributed by atoms with E-state index >= 15 is 0 Å². The van der Waals surface area contributed by atoms with Gasteiger partial charge in [-0.25, -0.2) is 4.79 Å². The summed E-state index contributed by atoms with van der Waals surface area (Å²) in [7, 11) is 0. The fourth-order valence-electron chi connectivity index (χ4n) is 2.00. The molecule has 1 aliphatic heterocycles. The molecule has 1 saturated heterocycles. The summed E-state index contributed by atoms with van der Waals surface area (Å²) >= 11 is 0. The van der Waals surface area contributed by atoms with Crippen molar-refractivity contribution in [2.24, 2.45) is 0 Å². The van der Waals surface area contributed by atoms with E-state index in [9.17, 15) is 9.90 Å². The first kappa shape index (κ1) is 11.0. The van der Waals surface area contributed by atoms with Gasteiger partial charge in [0.2, 0.25) is 0 Å². The Morgan fingerprint density at radius 1 is 1.38 bits per heavy atom. The maximum Gasteiger partial charge on any atom is 0.337 e. The third-order valence-corrected chi connectivity index (χ3v) is 2.84. The van der Waals surface area contributed by atoms with Crippen LogP contribution in [0.25, 0.3) is 0 Å². The van der Waals surface area contributed by atoms with E-state index in [-0.39, 0.29) is 0 Å². The highest BCUT2D eigenvalue weighted by atomic mass is 16.4. The SMILES string of the molecule is Cc1ccc(N2CCNCC2)c(C(=O)O)c1. The zero-order valence-corrected chi connectivity index (χ0v) is 9.36. The van der Waals surface area contributed by atoms with Gasteiger partial charge in [-0.1, -0.05) is 11.6 Å². The van der Waals surface area contributed by atoms with Crippen molar-refractivity contribution >= 4 is 11.7 Å². The Kier molecular flexibility index (Phi) is 3.10. The number of hydrogen-bond donors (Lipinski definition) is 2. The quantitative estimate of drug-likeness (QED) is 0.783. The highest BCUT2D eigenvalue weighted by Gasteiger charge is 2.17. The van der Waals surface area contributed by atoms with Crippen LogP contribution in [-0.4, -0.2) is 37.3 Å². The van der Waals surface area contributed by atoms with Crippen LogP contribution in [-0.2, 0) is 0 Å². The number of aryl methyl sites for hydroxylation is 1. The number of rotatable bonds is 2. The Labute approximate surface area is 94.9 Å². The van der Waals surface area contributed by atoms with Crippen LogP contribution < -0.4 is 10.2 Å². The summed E-state index contributed by atoms with van der Waals surface area (Å²) in [4.78, 5) is 13.3. The summed E-state index contributed by atoms with van der Waals surface area (Å²) in [5.74, 6) is -0.850. The maximum atomic E-state index is 11.2. The molecule has 0 unspecified atom stereocenters. The van der Waals surface area contributed by atoms with E-state index < -0.39 is 5.97 Å². The molecule has 1 aromatic carbocycles. The van der Waals surface area contributed by atoms with Crippen LogP contribution in [0.1, 0.15) is 15.9 Å². The second-order valence-electron chi connectivity index (χ2n) is 4.06. The first-order valence-electron chi connectivity index (χ1n) is 5.48. The number of nitrogens with one attached hydrogen (secondary N) is 1. The second-order valence-corrected chi connectivity index (χ2v) is 4.06. The van der Waals surface area contributed by atoms with Gasteiger partial charge < -0.3 is 15.3 Å². The lowest BCUT2D eigenvalue weighted by Crippen LogP contribution is -2.44. The zero-order valence-electron chi connectivity index (χ0n) is 9.36. The summed E-state index contributed by atoms with van der Waals surface area (Å²) in [5, 5.41) is 12.4. The van der Waals surface area contributed by atoms with Crippen molar-refractivity contribution in [3.8, 4) is 0 Å². The van der Waals surface area contributed by atoms with E-state index in [1.54, 1.807) is 6.07 Å². The van der Waals surface area contributed by atoms with Crippen molar-refractivity contribution in [2.45, 2.75) is 6.92 Å². The van der Waals surface area contributed by atoms with E-state index in [0.717, 1.165) is 37.4 Å². The van der Waals surface area contributed by atoms with Gasteiger partial charge in [-0.2, -0.15) is 0 Å². The predicted molar refractivity (Wildman–Crippen MR) is 63.2 cm³/mol. The van der Waals surface area contributed by atoms with Crippen molar-refractivity contribution in [2.75, 3.05) is 31.1 Å². The molecule has 4 heteroatoms. The molecule has 0 aromatic heterocycles. The van der Waals surface area contributed by atoms with Crippen LogP contribution in [0.4, 0.5) is 5.69 Å². The molecule has 16 heavy (non-hydrogen) atoms. The third-order valence-electron chi connectivity index (χ3n) is 2.84. The van der Waals surface area contributed by atoms with Gasteiger partial charge in [0.05, 0.1) is 11.3 Å². The third kappa shape index (κ3) is 2.17. The standard InChI is InChI=1S/C12H16N2O2/c1-9-2-3-11(10(8-9)12(15)16)14-6-4-13-5-7-14/h2-3,8,13H,4-7H2,1H3,(H,15,16). The molecule has 1 aromatic rings. The number of carbonyl (C=O) groups is 1. The Bertz CT molecular complexity index is 398. The van der Waals surface area contributed by atoms with Crippen LogP contribution in [0.2, 0.25) is 0 Å². The molecule has 86 valence electrons. The topological polar surface area (TPSA) is 52.6 Å². The summed E-state index contributed by atoms with van der Waals surface area (Å²) in [5.41, 5.74) is 2.22. The van der Waals surface area contributed by atoms with Gasteiger partial charge in [-0.15, -0.1) is 0 Å². The lowest BCUT2D eigenvalue weighted by molar-refractivity contribution is 0.0697. The van der Waals surface area contributed by atoms with Gasteiger partial charge in [-0.05, 0) is 19.1 Å². The minimum absolute atomic E-state index is 0.405. The molecule has 0 spiro atoms. The number of carboxylic acid groups (broad SMARTS) is 1. The summed E-state index contributed by atoms with van der Waals surface area (Å²) < 4.78 is 0. The minimum Gasteiger partial charge on any atom is -0.478 e. The van der Waals surface area contributed by atoms with E-state index in [1.807, 2.05) is 19.1 Å². The lowest BCUT2D eigenvalue weighted by Gasteiger charge is -2.30. The molecule has 0 bridgehead atoms. The van der Waals surface area contributed by atoms with Gasteiger partial charge >= 0.3 is 5.97 Å². The molecule has 0 amide bonds. The molecule has 0 radical (unpaired) electrons. The molecule has 0 saturated carbocycles. The van der Waals surface area contributed by atoms with Crippen molar-refractivity contribution in [3.63, 3.8) is 0 Å². The van der Waals surface area contributed by atoms with Gasteiger partial charge in [0.1, 0.15) is 0 Å². The second kappa shape index (κ2) is 4.53. The first-order chi connectivity index (χ1) is 7.68. The molecule has 0 atom stereocenters. The van der Waals surface area contributed by atoms with E-state index in [1.165, 1.54) is 0 Å². The average Bonchev–Trinajstić information content (AvgIpc) is 2.30. The van der Waals surface area contributed by atoms with Crippen LogP contribution in [0.3, 0.4) is 0 Å². The Morgan fingerprint density at radius 3 is 2.69 bits per heavy atom. The molecule has 1 aliphatic rings. The van der Waals surface area contributed by atoms with Crippen molar-refractivity contribution in [1.82, 2.24) is 5.32 Å². The van der Waals surface area contributed by atoms with Crippen molar-refractivity contribution < 1.29 is 9.90 Å². The predicted octanol–water partition coefficient (Wildman–Crippen LogP) is 1.10. The van der Waals surface area contributed by atoms with E-state index in [4.69, 9.17) is 0 Å². The molecule has 0 aliphatic carbocycles. The van der Waals surface area contributed by atoms with Crippen LogP contribution in [0, 0.1) is 6.92 Å². The van der Waals surface area contributed by atoms with E-state index in [2.05, 4.69) is 10.2 Å². The summed E-state index contributed by atoms with van der Waals surface area (Å²) in [6.45, 7) is 5.46. The van der Waals surface area contributed by atoms with Crippen molar-refractivity contribution in [3.05, 3.63) is 29.3 Å². The minimum atomic E-state index is -0.850. The van der Waals surface area contributed by atoms with Gasteiger partial charge in [0.15, 0.2) is 0 Å². The fraction of sp³-hybridized carbons (Fsp3) is 0.417. The summed E-state index contributed by atoms with van der Waals surface area (Å²) in [6, 6.07) is 5.60. The normalized spacial score (nSPS) is 16.2. The van der Waals surface area contributed by atoms with Crippen LogP contribution in [0.5, 0.6) is 0 Å². The first-order valence-corrected chi connectivity index (χ1v) is 5.48. The summed E-state index contributed by atoms with van der Waals surface area (Å²) in [6.07, 6.45) is 0. The fourth-order valence-corrected chi connectivity index (χ4v) is 2.00. The van der Waals surface area contributed by atoms with Gasteiger partial charge in [0.25, 0.3) is 0 Å². The molecular weight excluding hydrogens is 204 g/mol. The molecule has 2 N–H and O–H groups in total. The number of aromatic carboxylic acids is 1. The smallest absolute Gasteiger partial charge is 0.337 e. The molecule has 1 fully saturated rings. The Hall–Kier alpha value is -1.55. The molecular formula is C12H16N2O2. The highest BCUT2D eigenvalue weighted by Crippen LogP contribution is 2.22. The largest absolute Gasteiger partial charge is 0.478 e. The number of piperazine rings is 1. The van der Waals surface area contributed by atoms with Crippen molar-refractivity contribution in [1.29, 1.82) is 0 Å². The van der Waals surface area contributed by atoms with Gasteiger partial charge in [-0.3, -0.25) is 0 Å². The molecule has 2 rings (SSSR count). The molecule has 4 nitrogen and oxygen atoms in total. The van der Waals surface area contributed by atoms with Gasteiger partial charge in [0, 0.05) is 26.2 Å². The average molecular weight is 220 g/mol. The maximum absolute atomic E-state index is 11.2. The highest BCUT2D eigenvalue weighted by molar-refractivity contribution is 5.94. The number of benzene rings is 1. The molecule has 1 heterocycles. The number of carboxylic acids is 1. The number of hydrogen-bond acceptors (Lipinski definition) is 3. The number of anilines is 1. The van der Waals surface area contributed by atoms with Crippen LogP contribution in [0.15, 0.2) is 18.2 Å².